The second-order valence-electron chi connectivity index (χ2n) is 3.89. The lowest BCUT2D eigenvalue weighted by molar-refractivity contribution is 0.0696. The fourth-order valence-electron chi connectivity index (χ4n) is 1.49. The van der Waals surface area contributed by atoms with Gasteiger partial charge in [0, 0.05) is 21.3 Å². The van der Waals surface area contributed by atoms with Gasteiger partial charge >= 0.3 is 5.97 Å². The Kier molecular flexibility index (Phi) is 4.59. The number of benzene rings is 1. The van der Waals surface area contributed by atoms with E-state index >= 15 is 0 Å². The lowest BCUT2D eigenvalue weighted by atomic mass is 10.2. The molecule has 0 atom stereocenters. The number of thiophene rings is 1. The van der Waals surface area contributed by atoms with Crippen molar-refractivity contribution in [3.05, 3.63) is 50.6 Å². The molecule has 0 saturated carbocycles. The average Bonchev–Trinajstić information content (AvgIpc) is 2.82. The van der Waals surface area contributed by atoms with Gasteiger partial charge in [0.25, 0.3) is 0 Å². The Balaban J connectivity index is 2.17. The number of halogens is 1. The van der Waals surface area contributed by atoms with Gasteiger partial charge in [-0.15, -0.1) is 11.3 Å². The number of hydrogen-bond donors (Lipinski definition) is 2. The summed E-state index contributed by atoms with van der Waals surface area (Å²) in [7, 11) is -3.73. The minimum atomic E-state index is -3.73. The van der Waals surface area contributed by atoms with Crippen molar-refractivity contribution in [2.75, 3.05) is 0 Å². The number of aromatic carboxylic acids is 1. The summed E-state index contributed by atoms with van der Waals surface area (Å²) < 4.78 is 27.5. The van der Waals surface area contributed by atoms with Gasteiger partial charge in [0.05, 0.1) is 10.5 Å². The highest BCUT2D eigenvalue weighted by Crippen LogP contribution is 2.20. The van der Waals surface area contributed by atoms with Crippen LogP contribution in [0.3, 0.4) is 0 Å². The Labute approximate surface area is 128 Å². The van der Waals surface area contributed by atoms with Gasteiger partial charge in [-0.3, -0.25) is 0 Å². The van der Waals surface area contributed by atoms with Crippen LogP contribution in [0.1, 0.15) is 15.2 Å². The fourth-order valence-corrected chi connectivity index (χ4v) is 4.03. The minimum absolute atomic E-state index is 0.0620. The van der Waals surface area contributed by atoms with Crippen molar-refractivity contribution < 1.29 is 18.3 Å². The highest BCUT2D eigenvalue weighted by molar-refractivity contribution is 9.10. The van der Waals surface area contributed by atoms with E-state index < -0.39 is 16.0 Å². The molecule has 106 valence electrons. The molecule has 0 aliphatic carbocycles. The van der Waals surface area contributed by atoms with E-state index in [-0.39, 0.29) is 17.0 Å². The van der Waals surface area contributed by atoms with Crippen LogP contribution in [0.25, 0.3) is 0 Å². The van der Waals surface area contributed by atoms with Crippen LogP contribution in [0.2, 0.25) is 0 Å². The van der Waals surface area contributed by atoms with Gasteiger partial charge in [-0.1, -0.05) is 6.07 Å². The number of carboxylic acids is 1. The maximum absolute atomic E-state index is 12.1. The van der Waals surface area contributed by atoms with Crippen molar-refractivity contribution >= 4 is 43.3 Å². The summed E-state index contributed by atoms with van der Waals surface area (Å²) in [6.07, 6.45) is 0. The van der Waals surface area contributed by atoms with E-state index in [4.69, 9.17) is 5.11 Å². The van der Waals surface area contributed by atoms with Crippen LogP contribution in [0.15, 0.2) is 45.1 Å². The average molecular weight is 376 g/mol. The normalized spacial score (nSPS) is 11.4. The predicted molar refractivity (Wildman–Crippen MR) is 79.4 cm³/mol. The van der Waals surface area contributed by atoms with Gasteiger partial charge in [0.15, 0.2) is 0 Å². The molecular formula is C12H10BrNO4S2. The van der Waals surface area contributed by atoms with E-state index in [0.29, 0.717) is 0 Å². The lowest BCUT2D eigenvalue weighted by Crippen LogP contribution is -2.23. The smallest absolute Gasteiger partial charge is 0.335 e. The van der Waals surface area contributed by atoms with Crippen LogP contribution in [0, 0.1) is 0 Å². The van der Waals surface area contributed by atoms with Crippen LogP contribution in [-0.4, -0.2) is 19.5 Å². The summed E-state index contributed by atoms with van der Waals surface area (Å²) in [5.74, 6) is -1.16. The van der Waals surface area contributed by atoms with E-state index in [1.807, 2.05) is 11.4 Å². The second kappa shape index (κ2) is 6.04. The molecule has 2 rings (SSSR count). The van der Waals surface area contributed by atoms with Crippen LogP contribution in [-0.2, 0) is 16.6 Å². The van der Waals surface area contributed by atoms with E-state index in [1.165, 1.54) is 29.5 Å². The van der Waals surface area contributed by atoms with Gasteiger partial charge in [0.1, 0.15) is 0 Å². The van der Waals surface area contributed by atoms with Crippen molar-refractivity contribution in [2.45, 2.75) is 11.4 Å². The molecule has 1 aromatic heterocycles. The van der Waals surface area contributed by atoms with E-state index in [9.17, 15) is 13.2 Å². The number of sulfonamides is 1. The van der Waals surface area contributed by atoms with Gasteiger partial charge < -0.3 is 5.11 Å². The highest BCUT2D eigenvalue weighted by Gasteiger charge is 2.16. The molecule has 0 unspecified atom stereocenters. The van der Waals surface area contributed by atoms with Crippen LogP contribution in [0.5, 0.6) is 0 Å². The SMILES string of the molecule is O=C(O)c1cccc(S(=O)(=O)NCc2cc(Br)cs2)c1. The molecule has 0 fully saturated rings. The fraction of sp³-hybridized carbons (Fsp3) is 0.0833. The summed E-state index contributed by atoms with van der Waals surface area (Å²) in [6.45, 7) is 0.163. The van der Waals surface area contributed by atoms with Crippen molar-refractivity contribution in [1.82, 2.24) is 4.72 Å². The second-order valence-corrected chi connectivity index (χ2v) is 7.57. The molecule has 1 aromatic carbocycles. The maximum atomic E-state index is 12.1. The molecule has 0 spiro atoms. The molecule has 0 bridgehead atoms. The molecule has 5 nitrogen and oxygen atoms in total. The first-order valence-corrected chi connectivity index (χ1v) is 8.60. The zero-order valence-corrected chi connectivity index (χ0v) is 13.3. The van der Waals surface area contributed by atoms with Crippen molar-refractivity contribution in [2.24, 2.45) is 0 Å². The van der Waals surface area contributed by atoms with Gasteiger partial charge in [-0.2, -0.15) is 0 Å². The van der Waals surface area contributed by atoms with Crippen molar-refractivity contribution in [3.63, 3.8) is 0 Å². The zero-order valence-electron chi connectivity index (χ0n) is 10.0. The summed E-state index contributed by atoms with van der Waals surface area (Å²) in [5.41, 5.74) is -0.0632. The van der Waals surface area contributed by atoms with E-state index in [1.54, 1.807) is 0 Å². The number of nitrogens with one attached hydrogen (secondary N) is 1. The first kappa shape index (κ1) is 15.2. The molecule has 8 heteroatoms. The standard InChI is InChI=1S/C12H10BrNO4S2/c13-9-5-10(19-7-9)6-14-20(17,18)11-3-1-2-8(4-11)12(15)16/h1-5,7,14H,6H2,(H,15,16). The van der Waals surface area contributed by atoms with E-state index in [0.717, 1.165) is 15.4 Å². The monoisotopic (exact) mass is 375 g/mol. The number of hydrogen-bond acceptors (Lipinski definition) is 4. The quantitative estimate of drug-likeness (QED) is 0.841. The largest absolute Gasteiger partial charge is 0.478 e. The van der Waals surface area contributed by atoms with Gasteiger partial charge in [0.2, 0.25) is 10.0 Å². The Morgan fingerprint density at radius 1 is 1.35 bits per heavy atom. The Hall–Kier alpha value is -1.22. The summed E-state index contributed by atoms with van der Waals surface area (Å²) in [4.78, 5) is 11.6. The molecule has 0 amide bonds. The molecule has 2 N–H and O–H groups in total. The number of carbonyl (C=O) groups is 1. The van der Waals surface area contributed by atoms with Crippen LogP contribution in [0.4, 0.5) is 0 Å². The Bertz CT molecular complexity index is 739. The third kappa shape index (κ3) is 3.66. The van der Waals surface area contributed by atoms with Gasteiger partial charge in [-0.25, -0.2) is 17.9 Å². The Morgan fingerprint density at radius 2 is 2.10 bits per heavy atom. The molecular weight excluding hydrogens is 366 g/mol. The maximum Gasteiger partial charge on any atom is 0.335 e. The summed E-state index contributed by atoms with van der Waals surface area (Å²) in [5, 5.41) is 10.7. The number of rotatable bonds is 5. The van der Waals surface area contributed by atoms with Crippen LogP contribution < -0.4 is 4.72 Å². The molecule has 0 saturated heterocycles. The van der Waals surface area contributed by atoms with Crippen molar-refractivity contribution in [3.8, 4) is 0 Å². The molecule has 0 aliphatic rings. The number of carboxylic acid groups (broad SMARTS) is 1. The summed E-state index contributed by atoms with van der Waals surface area (Å²) in [6, 6.07) is 7.06. The predicted octanol–water partition coefficient (Wildman–Crippen LogP) is 2.69. The topological polar surface area (TPSA) is 83.5 Å². The molecule has 20 heavy (non-hydrogen) atoms. The lowest BCUT2D eigenvalue weighted by Gasteiger charge is -2.06. The molecule has 0 aliphatic heterocycles. The first-order valence-electron chi connectivity index (χ1n) is 5.44. The molecule has 1 heterocycles. The van der Waals surface area contributed by atoms with Crippen molar-refractivity contribution in [1.29, 1.82) is 0 Å². The third-order valence-electron chi connectivity index (χ3n) is 2.45. The summed E-state index contributed by atoms with van der Waals surface area (Å²) >= 11 is 4.72. The Morgan fingerprint density at radius 3 is 2.70 bits per heavy atom. The zero-order chi connectivity index (χ0) is 14.8. The van der Waals surface area contributed by atoms with Crippen LogP contribution >= 0.6 is 27.3 Å². The molecule has 0 radical (unpaired) electrons. The minimum Gasteiger partial charge on any atom is -0.478 e. The van der Waals surface area contributed by atoms with Gasteiger partial charge in [-0.05, 0) is 40.2 Å². The molecule has 2 aromatic rings. The van der Waals surface area contributed by atoms with E-state index in [2.05, 4.69) is 20.7 Å². The first-order chi connectivity index (χ1) is 9.38. The third-order valence-corrected chi connectivity index (χ3v) is 5.55. The highest BCUT2D eigenvalue weighted by atomic mass is 79.9.